The lowest BCUT2D eigenvalue weighted by Gasteiger charge is -2.35. The molecule has 32 heavy (non-hydrogen) atoms. The van der Waals surface area contributed by atoms with Crippen LogP contribution in [0.4, 0.5) is 5.82 Å². The Hall–Kier alpha value is -2.80. The third-order valence-corrected chi connectivity index (χ3v) is 7.05. The molecular weight excluding hydrogens is 414 g/mol. The predicted molar refractivity (Wildman–Crippen MR) is 134 cm³/mol. The van der Waals surface area contributed by atoms with Crippen molar-refractivity contribution in [3.8, 4) is 11.1 Å². The number of benzene rings is 2. The highest BCUT2D eigenvalue weighted by Crippen LogP contribution is 2.38. The van der Waals surface area contributed by atoms with E-state index in [1.807, 2.05) is 6.92 Å². The molecule has 1 atom stereocenters. The van der Waals surface area contributed by atoms with Gasteiger partial charge in [-0.15, -0.1) is 11.3 Å². The van der Waals surface area contributed by atoms with E-state index in [0.717, 1.165) is 54.6 Å². The van der Waals surface area contributed by atoms with Crippen molar-refractivity contribution >= 4 is 27.4 Å². The second-order valence-electron chi connectivity index (χ2n) is 8.53. The molecule has 0 saturated carbocycles. The van der Waals surface area contributed by atoms with E-state index in [-0.39, 0.29) is 6.04 Å². The van der Waals surface area contributed by atoms with Crippen LogP contribution in [0.15, 0.2) is 66.0 Å². The van der Waals surface area contributed by atoms with E-state index in [9.17, 15) is 0 Å². The monoisotopic (exact) mass is 443 g/mol. The maximum Gasteiger partial charge on any atom is 0.139 e. The third kappa shape index (κ3) is 4.53. The van der Waals surface area contributed by atoms with Crippen LogP contribution in [-0.4, -0.2) is 59.5 Å². The molecule has 3 heterocycles. The standard InChI is InChI=1S/C26H29N5S/c1-19-27-25(24-22(18-32-26(24)28-19)20-9-5-3-6-10-20)29-23(21-11-7-4-8-12-21)17-31-15-13-30(2)14-16-31/h3-12,18,23H,13-17H2,1-2H3,(H,27,28,29). The van der Waals surface area contributed by atoms with E-state index < -0.39 is 0 Å². The van der Waals surface area contributed by atoms with Gasteiger partial charge in [-0.2, -0.15) is 0 Å². The van der Waals surface area contributed by atoms with E-state index in [1.54, 1.807) is 11.3 Å². The molecule has 2 aromatic carbocycles. The fourth-order valence-corrected chi connectivity index (χ4v) is 5.35. The number of piperazine rings is 1. The van der Waals surface area contributed by atoms with Crippen molar-refractivity contribution in [3.05, 3.63) is 77.4 Å². The van der Waals surface area contributed by atoms with Gasteiger partial charge in [0.15, 0.2) is 0 Å². The first kappa shape index (κ1) is 21.1. The number of nitrogens with one attached hydrogen (secondary N) is 1. The van der Waals surface area contributed by atoms with Crippen LogP contribution in [0.1, 0.15) is 17.4 Å². The molecule has 0 aliphatic carbocycles. The summed E-state index contributed by atoms with van der Waals surface area (Å²) in [6.07, 6.45) is 0. The first-order valence-corrected chi connectivity index (χ1v) is 12.1. The molecular formula is C26H29N5S. The minimum Gasteiger partial charge on any atom is -0.361 e. The zero-order valence-corrected chi connectivity index (χ0v) is 19.5. The Labute approximate surface area is 193 Å². The molecule has 2 aromatic heterocycles. The molecule has 164 valence electrons. The summed E-state index contributed by atoms with van der Waals surface area (Å²) < 4.78 is 0. The van der Waals surface area contributed by atoms with Gasteiger partial charge in [0.25, 0.3) is 0 Å². The number of aryl methyl sites for hydroxylation is 1. The molecule has 1 aliphatic heterocycles. The van der Waals surface area contributed by atoms with Crippen LogP contribution in [0.25, 0.3) is 21.3 Å². The average Bonchev–Trinajstić information content (AvgIpc) is 3.25. The number of hydrogen-bond donors (Lipinski definition) is 1. The second kappa shape index (κ2) is 9.36. The Morgan fingerprint density at radius 2 is 1.62 bits per heavy atom. The SMILES string of the molecule is Cc1nc(NC(CN2CCN(C)CC2)c2ccccc2)c2c(-c3ccccc3)csc2n1. The van der Waals surface area contributed by atoms with Gasteiger partial charge in [-0.1, -0.05) is 60.7 Å². The molecule has 1 saturated heterocycles. The Kier molecular flexibility index (Phi) is 6.17. The number of anilines is 1. The highest BCUT2D eigenvalue weighted by molar-refractivity contribution is 7.17. The van der Waals surface area contributed by atoms with E-state index in [4.69, 9.17) is 9.97 Å². The zero-order chi connectivity index (χ0) is 21.9. The Morgan fingerprint density at radius 1 is 0.938 bits per heavy atom. The molecule has 1 unspecified atom stereocenters. The van der Waals surface area contributed by atoms with Gasteiger partial charge < -0.3 is 10.2 Å². The molecule has 0 amide bonds. The van der Waals surface area contributed by atoms with E-state index in [1.165, 1.54) is 16.7 Å². The van der Waals surface area contributed by atoms with Gasteiger partial charge in [-0.05, 0) is 25.1 Å². The first-order chi connectivity index (χ1) is 15.7. The van der Waals surface area contributed by atoms with Gasteiger partial charge in [0, 0.05) is 43.7 Å². The molecule has 1 N–H and O–H groups in total. The van der Waals surface area contributed by atoms with Gasteiger partial charge in [-0.25, -0.2) is 9.97 Å². The van der Waals surface area contributed by atoms with Crippen LogP contribution in [0.3, 0.4) is 0 Å². The molecule has 4 aromatic rings. The Balaban J connectivity index is 1.53. The predicted octanol–water partition coefficient (Wildman–Crippen LogP) is 5.07. The first-order valence-electron chi connectivity index (χ1n) is 11.2. The lowest BCUT2D eigenvalue weighted by Crippen LogP contribution is -2.46. The van der Waals surface area contributed by atoms with E-state index in [0.29, 0.717) is 0 Å². The van der Waals surface area contributed by atoms with Gasteiger partial charge in [0.05, 0.1) is 11.4 Å². The zero-order valence-electron chi connectivity index (χ0n) is 18.7. The summed E-state index contributed by atoms with van der Waals surface area (Å²) >= 11 is 1.69. The van der Waals surface area contributed by atoms with Crippen LogP contribution in [0.2, 0.25) is 0 Å². The van der Waals surface area contributed by atoms with E-state index >= 15 is 0 Å². The van der Waals surface area contributed by atoms with Crippen molar-refractivity contribution in [1.82, 2.24) is 19.8 Å². The highest BCUT2D eigenvalue weighted by atomic mass is 32.1. The van der Waals surface area contributed by atoms with Crippen molar-refractivity contribution in [2.24, 2.45) is 0 Å². The number of nitrogens with zero attached hydrogens (tertiary/aromatic N) is 4. The maximum absolute atomic E-state index is 4.89. The molecule has 0 bridgehead atoms. The minimum atomic E-state index is 0.153. The summed E-state index contributed by atoms with van der Waals surface area (Å²) in [4.78, 5) is 15.6. The minimum absolute atomic E-state index is 0.153. The summed E-state index contributed by atoms with van der Waals surface area (Å²) in [7, 11) is 2.20. The Bertz CT molecular complexity index is 1170. The lowest BCUT2D eigenvalue weighted by molar-refractivity contribution is 0.149. The third-order valence-electron chi connectivity index (χ3n) is 6.18. The molecule has 5 rings (SSSR count). The fourth-order valence-electron chi connectivity index (χ4n) is 4.36. The van der Waals surface area contributed by atoms with Crippen molar-refractivity contribution in [2.75, 3.05) is 45.1 Å². The number of rotatable bonds is 6. The fraction of sp³-hybridized carbons (Fsp3) is 0.308. The summed E-state index contributed by atoms with van der Waals surface area (Å²) in [5.41, 5.74) is 3.68. The molecule has 0 spiro atoms. The van der Waals surface area contributed by atoms with Crippen LogP contribution in [0.5, 0.6) is 0 Å². The quantitative estimate of drug-likeness (QED) is 0.451. The molecule has 1 aliphatic rings. The largest absolute Gasteiger partial charge is 0.361 e. The topological polar surface area (TPSA) is 44.3 Å². The van der Waals surface area contributed by atoms with Crippen LogP contribution < -0.4 is 5.32 Å². The molecule has 0 radical (unpaired) electrons. The lowest BCUT2D eigenvalue weighted by atomic mass is 10.0. The number of fused-ring (bicyclic) bond motifs is 1. The molecule has 6 heteroatoms. The van der Waals surface area contributed by atoms with Crippen molar-refractivity contribution < 1.29 is 0 Å². The van der Waals surface area contributed by atoms with Crippen LogP contribution in [0, 0.1) is 6.92 Å². The Morgan fingerprint density at radius 3 is 2.34 bits per heavy atom. The van der Waals surface area contributed by atoms with Crippen molar-refractivity contribution in [3.63, 3.8) is 0 Å². The van der Waals surface area contributed by atoms with Crippen LogP contribution >= 0.6 is 11.3 Å². The smallest absolute Gasteiger partial charge is 0.139 e. The number of hydrogen-bond acceptors (Lipinski definition) is 6. The molecule has 1 fully saturated rings. The number of aromatic nitrogens is 2. The summed E-state index contributed by atoms with van der Waals surface area (Å²) in [6.45, 7) is 7.33. The average molecular weight is 444 g/mol. The van der Waals surface area contributed by atoms with Gasteiger partial charge in [0.1, 0.15) is 16.5 Å². The van der Waals surface area contributed by atoms with Crippen molar-refractivity contribution in [1.29, 1.82) is 0 Å². The van der Waals surface area contributed by atoms with Crippen LogP contribution in [-0.2, 0) is 0 Å². The van der Waals surface area contributed by atoms with E-state index in [2.05, 4.69) is 88.2 Å². The summed E-state index contributed by atoms with van der Waals surface area (Å²) in [6, 6.07) is 21.4. The second-order valence-corrected chi connectivity index (χ2v) is 9.38. The summed E-state index contributed by atoms with van der Waals surface area (Å²) in [5.74, 6) is 1.73. The summed E-state index contributed by atoms with van der Waals surface area (Å²) in [5, 5.41) is 7.16. The van der Waals surface area contributed by atoms with Gasteiger partial charge in [-0.3, -0.25) is 4.90 Å². The van der Waals surface area contributed by atoms with Crippen molar-refractivity contribution in [2.45, 2.75) is 13.0 Å². The molecule has 5 nitrogen and oxygen atoms in total. The van der Waals surface area contributed by atoms with Gasteiger partial charge >= 0.3 is 0 Å². The number of likely N-dealkylation sites (N-methyl/N-ethyl adjacent to an activating group) is 1. The van der Waals surface area contributed by atoms with Gasteiger partial charge in [0.2, 0.25) is 0 Å². The highest BCUT2D eigenvalue weighted by Gasteiger charge is 2.22. The maximum atomic E-state index is 4.89. The number of thiophene rings is 1. The normalized spacial score (nSPS) is 16.3.